The fourth-order valence-corrected chi connectivity index (χ4v) is 4.01. The molecule has 0 bridgehead atoms. The van der Waals surface area contributed by atoms with E-state index in [-0.39, 0.29) is 11.9 Å². The lowest BCUT2D eigenvalue weighted by Crippen LogP contribution is -2.19. The Morgan fingerprint density at radius 1 is 0.759 bits per heavy atom. The molecule has 4 rings (SSSR count). The third-order valence-corrected chi connectivity index (χ3v) is 5.67. The predicted molar refractivity (Wildman–Crippen MR) is 122 cm³/mol. The van der Waals surface area contributed by atoms with Gasteiger partial charge in [-0.2, -0.15) is 0 Å². The van der Waals surface area contributed by atoms with E-state index in [0.29, 0.717) is 6.10 Å². The average Bonchev–Trinajstić information content (AvgIpc) is 2.70. The molecule has 2 saturated carbocycles. The molecule has 2 aliphatic rings. The highest BCUT2D eigenvalue weighted by molar-refractivity contribution is 9.10. The Kier molecular flexibility index (Phi) is 11.6. The molecule has 0 atom stereocenters. The largest absolute Gasteiger partial charge is 0.506 e. The van der Waals surface area contributed by atoms with E-state index < -0.39 is 0 Å². The molecular weight excluding hydrogens is 500 g/mol. The van der Waals surface area contributed by atoms with E-state index in [9.17, 15) is 0 Å². The normalized spacial score (nSPS) is 17.3. The number of nitrogens with zero attached hydrogens (tertiary/aromatic N) is 2. The standard InChI is InChI=1S/C11H14BrNO.C6H12O.C5H4BrNO/c12-9-6-11(8-13-7-9)14-10-4-2-1-3-5-10;7-6-4-2-1-3-5-6;6-4-1-5(8)3-7-2-4/h6-8,10H,1-5H2;6-7H,1-5H2;1-3,8H. The van der Waals surface area contributed by atoms with E-state index in [1.807, 2.05) is 6.07 Å². The Labute approximate surface area is 190 Å². The number of hydrogen-bond donors (Lipinski definition) is 2. The summed E-state index contributed by atoms with van der Waals surface area (Å²) in [5.41, 5.74) is 0. The van der Waals surface area contributed by atoms with Crippen molar-refractivity contribution in [2.75, 3.05) is 0 Å². The van der Waals surface area contributed by atoms with Crippen LogP contribution in [0.25, 0.3) is 0 Å². The van der Waals surface area contributed by atoms with Gasteiger partial charge in [0.25, 0.3) is 0 Å². The summed E-state index contributed by atoms with van der Waals surface area (Å²) in [4.78, 5) is 7.76. The third-order valence-electron chi connectivity index (χ3n) is 4.80. The highest BCUT2D eigenvalue weighted by Crippen LogP contribution is 2.24. The Balaban J connectivity index is 0.000000170. The van der Waals surface area contributed by atoms with E-state index in [1.165, 1.54) is 57.6 Å². The van der Waals surface area contributed by atoms with Crippen LogP contribution in [0.5, 0.6) is 11.5 Å². The Bertz CT molecular complexity index is 689. The van der Waals surface area contributed by atoms with Crippen LogP contribution in [0, 0.1) is 0 Å². The highest BCUT2D eigenvalue weighted by Gasteiger charge is 2.14. The Morgan fingerprint density at radius 3 is 1.76 bits per heavy atom. The monoisotopic (exact) mass is 528 g/mol. The molecule has 7 heteroatoms. The second-order valence-corrected chi connectivity index (χ2v) is 9.20. The number of rotatable bonds is 2. The molecule has 2 aliphatic carbocycles. The van der Waals surface area contributed by atoms with Gasteiger partial charge >= 0.3 is 0 Å². The summed E-state index contributed by atoms with van der Waals surface area (Å²) in [7, 11) is 0. The van der Waals surface area contributed by atoms with Crippen LogP contribution in [0.2, 0.25) is 0 Å². The van der Waals surface area contributed by atoms with Crippen LogP contribution in [0.15, 0.2) is 45.9 Å². The van der Waals surface area contributed by atoms with Crippen LogP contribution in [0.4, 0.5) is 0 Å². The zero-order chi connectivity index (χ0) is 20.9. The first kappa shape index (κ1) is 24.1. The topological polar surface area (TPSA) is 75.5 Å². The van der Waals surface area contributed by atoms with Gasteiger partial charge in [0.05, 0.1) is 24.6 Å². The number of ether oxygens (including phenoxy) is 1. The second-order valence-electron chi connectivity index (χ2n) is 7.37. The lowest BCUT2D eigenvalue weighted by atomic mass is 9.98. The summed E-state index contributed by atoms with van der Waals surface area (Å²) in [6.45, 7) is 0. The number of pyridine rings is 2. The van der Waals surface area contributed by atoms with Crippen molar-refractivity contribution in [3.63, 3.8) is 0 Å². The molecule has 0 aliphatic heterocycles. The molecule has 2 aromatic heterocycles. The van der Waals surface area contributed by atoms with Gasteiger partial charge in [-0.25, -0.2) is 0 Å². The number of aliphatic hydroxyl groups excluding tert-OH is 1. The van der Waals surface area contributed by atoms with Crippen molar-refractivity contribution in [1.82, 2.24) is 9.97 Å². The maximum absolute atomic E-state index is 8.91. The zero-order valence-corrected chi connectivity index (χ0v) is 19.8. The van der Waals surface area contributed by atoms with E-state index in [0.717, 1.165) is 27.5 Å². The molecule has 0 spiro atoms. The maximum Gasteiger partial charge on any atom is 0.139 e. The number of aliphatic hydroxyl groups is 1. The van der Waals surface area contributed by atoms with E-state index in [1.54, 1.807) is 24.7 Å². The van der Waals surface area contributed by atoms with Gasteiger partial charge in [0.2, 0.25) is 0 Å². The molecule has 0 radical (unpaired) electrons. The molecule has 0 aromatic carbocycles. The molecule has 2 aromatic rings. The van der Waals surface area contributed by atoms with Crippen LogP contribution in [-0.4, -0.2) is 32.4 Å². The van der Waals surface area contributed by atoms with Gasteiger partial charge in [0.1, 0.15) is 11.5 Å². The first-order valence-electron chi connectivity index (χ1n) is 10.3. The van der Waals surface area contributed by atoms with Crippen LogP contribution >= 0.6 is 31.9 Å². The molecule has 5 nitrogen and oxygen atoms in total. The van der Waals surface area contributed by atoms with Crippen LogP contribution in [0.3, 0.4) is 0 Å². The second kappa shape index (κ2) is 13.9. The summed E-state index contributed by atoms with van der Waals surface area (Å²) < 4.78 is 7.61. The van der Waals surface area contributed by atoms with E-state index in [4.69, 9.17) is 14.9 Å². The highest BCUT2D eigenvalue weighted by atomic mass is 79.9. The molecule has 0 saturated heterocycles. The van der Waals surface area contributed by atoms with Crippen molar-refractivity contribution in [1.29, 1.82) is 0 Å². The van der Waals surface area contributed by atoms with Crippen LogP contribution < -0.4 is 4.74 Å². The minimum Gasteiger partial charge on any atom is -0.506 e. The fourth-order valence-electron chi connectivity index (χ4n) is 3.31. The predicted octanol–water partition coefficient (Wildman–Crippen LogP) is 6.42. The lowest BCUT2D eigenvalue weighted by molar-refractivity contribution is 0.130. The van der Waals surface area contributed by atoms with Crippen molar-refractivity contribution in [3.05, 3.63) is 45.9 Å². The summed E-state index contributed by atoms with van der Waals surface area (Å²) in [6, 6.07) is 3.55. The Hall–Kier alpha value is -1.18. The van der Waals surface area contributed by atoms with Crippen molar-refractivity contribution in [3.8, 4) is 11.5 Å². The number of halogens is 2. The summed E-state index contributed by atoms with van der Waals surface area (Å²) in [6.07, 6.45) is 19.2. The number of aromatic nitrogens is 2. The Morgan fingerprint density at radius 2 is 1.31 bits per heavy atom. The average molecular weight is 530 g/mol. The van der Waals surface area contributed by atoms with Gasteiger partial charge in [-0.1, -0.05) is 25.7 Å². The van der Waals surface area contributed by atoms with Gasteiger partial charge in [0, 0.05) is 21.3 Å². The molecular formula is C22H30Br2N2O3. The molecule has 29 heavy (non-hydrogen) atoms. The van der Waals surface area contributed by atoms with E-state index in [2.05, 4.69) is 41.8 Å². The molecule has 0 unspecified atom stereocenters. The fraction of sp³-hybridized carbons (Fsp3) is 0.545. The maximum atomic E-state index is 8.91. The van der Waals surface area contributed by atoms with Gasteiger partial charge in [0.15, 0.2) is 0 Å². The summed E-state index contributed by atoms with van der Waals surface area (Å²) in [5, 5.41) is 17.6. The smallest absolute Gasteiger partial charge is 0.139 e. The summed E-state index contributed by atoms with van der Waals surface area (Å²) in [5.74, 6) is 1.06. The number of aromatic hydroxyl groups is 1. The lowest BCUT2D eigenvalue weighted by Gasteiger charge is -2.22. The zero-order valence-electron chi connectivity index (χ0n) is 16.6. The van der Waals surface area contributed by atoms with Gasteiger partial charge in [-0.3, -0.25) is 9.97 Å². The van der Waals surface area contributed by atoms with Crippen molar-refractivity contribution >= 4 is 31.9 Å². The first-order valence-corrected chi connectivity index (χ1v) is 11.9. The van der Waals surface area contributed by atoms with Crippen molar-refractivity contribution < 1.29 is 14.9 Å². The SMILES string of the molecule is Brc1cncc(OC2CCCCC2)c1.OC1CCCCC1.Oc1cncc(Br)c1. The quantitative estimate of drug-likeness (QED) is 0.469. The number of hydrogen-bond acceptors (Lipinski definition) is 5. The van der Waals surface area contributed by atoms with Crippen molar-refractivity contribution in [2.24, 2.45) is 0 Å². The van der Waals surface area contributed by atoms with E-state index >= 15 is 0 Å². The van der Waals surface area contributed by atoms with Crippen LogP contribution in [-0.2, 0) is 0 Å². The minimum atomic E-state index is 0.0359. The summed E-state index contributed by atoms with van der Waals surface area (Å²) >= 11 is 6.52. The third kappa shape index (κ3) is 11.0. The van der Waals surface area contributed by atoms with Gasteiger partial charge < -0.3 is 14.9 Å². The van der Waals surface area contributed by atoms with Crippen molar-refractivity contribution in [2.45, 2.75) is 76.4 Å². The van der Waals surface area contributed by atoms with Gasteiger partial charge in [-0.05, 0) is 82.5 Å². The first-order chi connectivity index (χ1) is 14.0. The van der Waals surface area contributed by atoms with Crippen LogP contribution in [0.1, 0.15) is 64.2 Å². The molecule has 0 amide bonds. The molecule has 160 valence electrons. The molecule has 2 heterocycles. The van der Waals surface area contributed by atoms with Gasteiger partial charge in [-0.15, -0.1) is 0 Å². The molecule has 2 N–H and O–H groups in total. The minimum absolute atomic E-state index is 0.0359. The molecule has 2 fully saturated rings.